The number of carbonyl (C=O) groups excluding carboxylic acids is 1. The fourth-order valence-electron chi connectivity index (χ4n) is 3.25. The molecule has 0 radical (unpaired) electrons. The number of rotatable bonds is 2. The molecule has 2 saturated heterocycles. The molecule has 1 aromatic carbocycles. The summed E-state index contributed by atoms with van der Waals surface area (Å²) in [6.07, 6.45) is 1.54. The number of likely N-dealkylation sites (tertiary alicyclic amines) is 1. The monoisotopic (exact) mass is 289 g/mol. The molecule has 0 aromatic heterocycles. The maximum atomic E-state index is 12.3. The molecular formula is C17H23NO3. The second-order valence-corrected chi connectivity index (χ2v) is 7.12. The van der Waals surface area contributed by atoms with E-state index in [1.54, 1.807) is 0 Å². The van der Waals surface area contributed by atoms with E-state index < -0.39 is 5.60 Å². The molecule has 2 fully saturated rings. The molecule has 114 valence electrons. The van der Waals surface area contributed by atoms with Crippen LogP contribution in [0.3, 0.4) is 0 Å². The van der Waals surface area contributed by atoms with Crippen LogP contribution in [0.25, 0.3) is 0 Å². The van der Waals surface area contributed by atoms with Crippen LogP contribution in [0, 0.1) is 0 Å². The Bertz CT molecular complexity index is 523. The molecule has 2 atom stereocenters. The van der Waals surface area contributed by atoms with Gasteiger partial charge in [-0.15, -0.1) is 0 Å². The second-order valence-electron chi connectivity index (χ2n) is 7.12. The fraction of sp³-hybridized carbons (Fsp3) is 0.588. The Morgan fingerprint density at radius 3 is 2.76 bits per heavy atom. The van der Waals surface area contributed by atoms with Crippen molar-refractivity contribution in [1.29, 1.82) is 0 Å². The average Bonchev–Trinajstić information content (AvgIpc) is 2.95. The Hall–Kier alpha value is -1.55. The van der Waals surface area contributed by atoms with Crippen LogP contribution in [-0.4, -0.2) is 41.4 Å². The van der Waals surface area contributed by atoms with E-state index in [-0.39, 0.29) is 17.7 Å². The molecule has 2 bridgehead atoms. The van der Waals surface area contributed by atoms with Crippen LogP contribution in [0.1, 0.15) is 32.8 Å². The zero-order chi connectivity index (χ0) is 15.1. The number of carbonyl (C=O) groups is 1. The second kappa shape index (κ2) is 5.02. The van der Waals surface area contributed by atoms with E-state index in [1.165, 1.54) is 5.56 Å². The van der Waals surface area contributed by atoms with Crippen LogP contribution < -0.4 is 0 Å². The summed E-state index contributed by atoms with van der Waals surface area (Å²) in [5.41, 5.74) is 0.569. The topological polar surface area (TPSA) is 38.8 Å². The third-order valence-electron chi connectivity index (χ3n) is 4.09. The molecule has 3 rings (SSSR count). The molecule has 0 aliphatic carbocycles. The number of nitrogens with zero attached hydrogens (tertiary/aromatic N) is 1. The van der Waals surface area contributed by atoms with Crippen LogP contribution in [0.2, 0.25) is 0 Å². The average molecular weight is 289 g/mol. The summed E-state index contributed by atoms with van der Waals surface area (Å²) in [6.45, 7) is 6.94. The number of ether oxygens (including phenoxy) is 2. The minimum absolute atomic E-state index is 0.156. The van der Waals surface area contributed by atoms with Crippen LogP contribution in [0.4, 0.5) is 4.79 Å². The smallest absolute Gasteiger partial charge is 0.410 e. The van der Waals surface area contributed by atoms with Gasteiger partial charge in [0.25, 0.3) is 0 Å². The van der Waals surface area contributed by atoms with E-state index in [1.807, 2.05) is 43.9 Å². The van der Waals surface area contributed by atoms with Crippen molar-refractivity contribution in [1.82, 2.24) is 4.90 Å². The summed E-state index contributed by atoms with van der Waals surface area (Å²) >= 11 is 0. The molecule has 21 heavy (non-hydrogen) atoms. The summed E-state index contributed by atoms with van der Waals surface area (Å²) in [5.74, 6) is 0. The summed E-state index contributed by atoms with van der Waals surface area (Å²) in [4.78, 5) is 14.1. The van der Waals surface area contributed by atoms with E-state index >= 15 is 0 Å². The molecule has 4 nitrogen and oxygen atoms in total. The molecule has 1 amide bonds. The summed E-state index contributed by atoms with van der Waals surface area (Å²) in [6, 6.07) is 10.5. The number of amides is 1. The lowest BCUT2D eigenvalue weighted by atomic mass is 9.94. The summed E-state index contributed by atoms with van der Waals surface area (Å²) < 4.78 is 11.5. The van der Waals surface area contributed by atoms with Crippen molar-refractivity contribution in [3.63, 3.8) is 0 Å². The zero-order valence-corrected chi connectivity index (χ0v) is 13.0. The lowest BCUT2D eigenvalue weighted by Crippen LogP contribution is -2.48. The van der Waals surface area contributed by atoms with Crippen LogP contribution in [0.15, 0.2) is 30.3 Å². The lowest BCUT2D eigenvalue weighted by molar-refractivity contribution is -0.0521. The number of hydrogen-bond donors (Lipinski definition) is 0. The summed E-state index contributed by atoms with van der Waals surface area (Å²) in [5, 5.41) is 0. The van der Waals surface area contributed by atoms with E-state index in [9.17, 15) is 4.79 Å². The van der Waals surface area contributed by atoms with E-state index in [0.29, 0.717) is 13.2 Å². The molecule has 0 spiro atoms. The van der Waals surface area contributed by atoms with Gasteiger partial charge in [0.1, 0.15) is 5.60 Å². The molecule has 0 unspecified atom stereocenters. The Morgan fingerprint density at radius 2 is 2.10 bits per heavy atom. The summed E-state index contributed by atoms with van der Waals surface area (Å²) in [7, 11) is 0. The van der Waals surface area contributed by atoms with Crippen molar-refractivity contribution in [2.45, 2.75) is 50.9 Å². The van der Waals surface area contributed by atoms with Gasteiger partial charge in [-0.25, -0.2) is 4.79 Å². The standard InChI is InChI=1S/C17H23NO3/c1-16(2,3)21-15(19)18-12-17(10-14(18)11-20-17)9-13-7-5-4-6-8-13/h4-8,14H,9-12H2,1-3H3/t14-,17-/m1/s1. The van der Waals surface area contributed by atoms with Crippen molar-refractivity contribution < 1.29 is 14.3 Å². The number of benzene rings is 1. The molecule has 0 saturated carbocycles. The minimum Gasteiger partial charge on any atom is -0.444 e. The Kier molecular flexibility index (Phi) is 3.44. The largest absolute Gasteiger partial charge is 0.444 e. The maximum absolute atomic E-state index is 12.3. The van der Waals surface area contributed by atoms with Gasteiger partial charge >= 0.3 is 6.09 Å². The van der Waals surface area contributed by atoms with Crippen molar-refractivity contribution >= 4 is 6.09 Å². The zero-order valence-electron chi connectivity index (χ0n) is 13.0. The quantitative estimate of drug-likeness (QED) is 0.840. The van der Waals surface area contributed by atoms with Gasteiger partial charge in [0, 0.05) is 12.8 Å². The van der Waals surface area contributed by atoms with Crippen molar-refractivity contribution in [3.8, 4) is 0 Å². The first kappa shape index (κ1) is 14.4. The normalized spacial score (nSPS) is 28.0. The van der Waals surface area contributed by atoms with Crippen LogP contribution in [-0.2, 0) is 15.9 Å². The Balaban J connectivity index is 1.69. The first-order chi connectivity index (χ1) is 9.87. The Labute approximate surface area is 126 Å². The van der Waals surface area contributed by atoms with Crippen molar-refractivity contribution in [2.75, 3.05) is 13.2 Å². The first-order valence-corrected chi connectivity index (χ1v) is 7.54. The van der Waals surface area contributed by atoms with Gasteiger partial charge in [0.15, 0.2) is 0 Å². The van der Waals surface area contributed by atoms with Gasteiger partial charge in [0.05, 0.1) is 24.8 Å². The third kappa shape index (κ3) is 3.05. The van der Waals surface area contributed by atoms with E-state index in [2.05, 4.69) is 12.1 Å². The Morgan fingerprint density at radius 1 is 1.38 bits per heavy atom. The highest BCUT2D eigenvalue weighted by atomic mass is 16.6. The van der Waals surface area contributed by atoms with Crippen molar-refractivity contribution in [2.24, 2.45) is 0 Å². The molecule has 4 heteroatoms. The highest BCUT2D eigenvalue weighted by molar-refractivity contribution is 5.69. The highest BCUT2D eigenvalue weighted by Crippen LogP contribution is 2.40. The van der Waals surface area contributed by atoms with Gasteiger partial charge in [-0.1, -0.05) is 30.3 Å². The SMILES string of the molecule is CC(C)(C)OC(=O)N1C[C@@]2(Cc3ccccc3)C[C@@H]1CO2. The van der Waals surface area contributed by atoms with Crippen molar-refractivity contribution in [3.05, 3.63) is 35.9 Å². The highest BCUT2D eigenvalue weighted by Gasteiger charge is 2.53. The molecule has 2 aliphatic rings. The molecule has 0 N–H and O–H groups in total. The van der Waals surface area contributed by atoms with Gasteiger partial charge in [0.2, 0.25) is 0 Å². The van der Waals surface area contributed by atoms with E-state index in [4.69, 9.17) is 9.47 Å². The fourth-order valence-corrected chi connectivity index (χ4v) is 3.25. The first-order valence-electron chi connectivity index (χ1n) is 7.54. The molecule has 2 heterocycles. The predicted molar refractivity (Wildman–Crippen MR) is 80.2 cm³/mol. The van der Waals surface area contributed by atoms with Gasteiger partial charge in [-0.05, 0) is 26.3 Å². The number of fused-ring (bicyclic) bond motifs is 2. The molecular weight excluding hydrogens is 266 g/mol. The van der Waals surface area contributed by atoms with Gasteiger partial charge in [-0.2, -0.15) is 0 Å². The number of hydrogen-bond acceptors (Lipinski definition) is 3. The maximum Gasteiger partial charge on any atom is 0.410 e. The van der Waals surface area contributed by atoms with E-state index in [0.717, 1.165) is 12.8 Å². The third-order valence-corrected chi connectivity index (χ3v) is 4.09. The van der Waals surface area contributed by atoms with Crippen LogP contribution in [0.5, 0.6) is 0 Å². The van der Waals surface area contributed by atoms with Gasteiger partial charge < -0.3 is 9.47 Å². The van der Waals surface area contributed by atoms with Crippen LogP contribution >= 0.6 is 0 Å². The minimum atomic E-state index is -0.452. The predicted octanol–water partition coefficient (Wildman–Crippen LogP) is 3.01. The van der Waals surface area contributed by atoms with Gasteiger partial charge in [-0.3, -0.25) is 4.90 Å². The lowest BCUT2D eigenvalue weighted by Gasteiger charge is -2.34. The molecule has 1 aromatic rings. The molecule has 2 aliphatic heterocycles. The number of morpholine rings is 1.